The number of carbonyl (C=O) groups excluding carboxylic acids is 1. The summed E-state index contributed by atoms with van der Waals surface area (Å²) in [7, 11) is 1.57. The Labute approximate surface area is 221 Å². The van der Waals surface area contributed by atoms with Crippen LogP contribution >= 0.6 is 23.1 Å². The van der Waals surface area contributed by atoms with E-state index >= 15 is 0 Å². The Bertz CT molecular complexity index is 1500. The minimum Gasteiger partial charge on any atom is -0.497 e. The number of H-pyrrole nitrogens is 1. The van der Waals surface area contributed by atoms with Crippen LogP contribution in [-0.4, -0.2) is 35.5 Å². The number of nitrogens with zero attached hydrogens (tertiary/aromatic N) is 3. The third-order valence-electron chi connectivity index (χ3n) is 6.03. The fourth-order valence-corrected chi connectivity index (χ4v) is 6.25. The number of fused-ring (bicyclic) bond motifs is 1. The van der Waals surface area contributed by atoms with Crippen LogP contribution in [0.2, 0.25) is 0 Å². The SMILES string of the molecule is COc1ccc(-[n+]2[nH]oc(=O)c2SCC(=O)Nc2sc3c(c2C#N)CCN(Cc2ccccc2)C3)cc1. The molecule has 0 aliphatic carbocycles. The molecule has 11 heteroatoms. The van der Waals surface area contributed by atoms with Crippen LogP contribution in [-0.2, 0) is 24.3 Å². The number of ether oxygens (including phenoxy) is 1. The first kappa shape index (κ1) is 24.8. The number of hydrogen-bond donors (Lipinski definition) is 2. The second-order valence-electron chi connectivity index (χ2n) is 8.42. The molecule has 9 nitrogen and oxygen atoms in total. The van der Waals surface area contributed by atoms with E-state index in [0.717, 1.165) is 48.3 Å². The molecular formula is C26H24N5O4S2+. The number of nitrogens with one attached hydrogen (secondary N) is 2. The maximum atomic E-state index is 12.8. The Balaban J connectivity index is 1.25. The monoisotopic (exact) mass is 534 g/mol. The number of aromatic amines is 1. The number of benzene rings is 2. The van der Waals surface area contributed by atoms with E-state index in [2.05, 4.69) is 33.7 Å². The maximum absolute atomic E-state index is 12.8. The van der Waals surface area contributed by atoms with Crippen LogP contribution in [0.5, 0.6) is 5.75 Å². The van der Waals surface area contributed by atoms with E-state index in [1.165, 1.54) is 21.6 Å². The molecule has 0 spiro atoms. The van der Waals surface area contributed by atoms with Crippen LogP contribution in [0.3, 0.4) is 0 Å². The Kier molecular flexibility index (Phi) is 7.41. The highest BCUT2D eigenvalue weighted by molar-refractivity contribution is 7.99. The molecular weight excluding hydrogens is 510 g/mol. The molecule has 188 valence electrons. The van der Waals surface area contributed by atoms with Gasteiger partial charge in [0.25, 0.3) is 0 Å². The third kappa shape index (κ3) is 5.46. The topological polar surface area (TPSA) is 115 Å². The zero-order valence-electron chi connectivity index (χ0n) is 20.0. The van der Waals surface area contributed by atoms with Crippen molar-refractivity contribution in [2.75, 3.05) is 24.7 Å². The molecule has 0 radical (unpaired) electrons. The number of aromatic nitrogens is 2. The van der Waals surface area contributed by atoms with Crippen molar-refractivity contribution in [1.82, 2.24) is 10.2 Å². The Morgan fingerprint density at radius 2 is 2.05 bits per heavy atom. The summed E-state index contributed by atoms with van der Waals surface area (Å²) in [6.07, 6.45) is 0.762. The lowest BCUT2D eigenvalue weighted by Crippen LogP contribution is -2.36. The fourth-order valence-electron chi connectivity index (χ4n) is 4.22. The first-order valence-electron chi connectivity index (χ1n) is 11.6. The predicted molar refractivity (Wildman–Crippen MR) is 140 cm³/mol. The number of hydrogen-bond acceptors (Lipinski definition) is 8. The van der Waals surface area contributed by atoms with Gasteiger partial charge in [0.05, 0.1) is 18.4 Å². The second-order valence-corrected chi connectivity index (χ2v) is 10.5. The largest absolute Gasteiger partial charge is 0.497 e. The maximum Gasteiger partial charge on any atom is 0.442 e. The molecule has 2 aromatic heterocycles. The van der Waals surface area contributed by atoms with E-state index in [0.29, 0.717) is 22.0 Å². The average Bonchev–Trinajstić information content (AvgIpc) is 3.46. The molecule has 0 atom stereocenters. The highest BCUT2D eigenvalue weighted by atomic mass is 32.2. The quantitative estimate of drug-likeness (QED) is 0.263. The van der Waals surface area contributed by atoms with Gasteiger partial charge in [-0.1, -0.05) is 30.3 Å². The summed E-state index contributed by atoms with van der Waals surface area (Å²) >= 11 is 2.51. The van der Waals surface area contributed by atoms with Gasteiger partial charge in [-0.2, -0.15) is 5.26 Å². The molecule has 2 N–H and O–H groups in total. The lowest BCUT2D eigenvalue weighted by Gasteiger charge is -2.26. The van der Waals surface area contributed by atoms with Crippen molar-refractivity contribution in [2.45, 2.75) is 24.5 Å². The average molecular weight is 535 g/mol. The van der Waals surface area contributed by atoms with Crippen molar-refractivity contribution in [3.8, 4) is 17.5 Å². The van der Waals surface area contributed by atoms with Gasteiger partial charge in [-0.15, -0.1) is 11.3 Å². The molecule has 3 heterocycles. The van der Waals surface area contributed by atoms with Crippen molar-refractivity contribution in [3.63, 3.8) is 0 Å². The Morgan fingerprint density at radius 3 is 2.78 bits per heavy atom. The smallest absolute Gasteiger partial charge is 0.442 e. The number of rotatable bonds is 8. The highest BCUT2D eigenvalue weighted by Crippen LogP contribution is 2.37. The Hall–Kier alpha value is -3.85. The summed E-state index contributed by atoms with van der Waals surface area (Å²) in [6, 6.07) is 19.6. The number of thiophene rings is 1. The van der Waals surface area contributed by atoms with E-state index in [-0.39, 0.29) is 16.7 Å². The molecule has 0 saturated carbocycles. The number of thioether (sulfide) groups is 1. The molecule has 1 aliphatic heterocycles. The first-order chi connectivity index (χ1) is 18.1. The summed E-state index contributed by atoms with van der Waals surface area (Å²) in [6.45, 7) is 2.43. The van der Waals surface area contributed by atoms with E-state index in [1.807, 2.05) is 18.2 Å². The second kappa shape index (κ2) is 11.0. The highest BCUT2D eigenvalue weighted by Gasteiger charge is 2.27. The minimum absolute atomic E-state index is 0.0215. The number of amides is 1. The molecule has 1 amide bonds. The van der Waals surface area contributed by atoms with Crippen LogP contribution in [0.4, 0.5) is 5.00 Å². The van der Waals surface area contributed by atoms with E-state index in [1.54, 1.807) is 31.4 Å². The van der Waals surface area contributed by atoms with Crippen molar-refractivity contribution in [2.24, 2.45) is 0 Å². The van der Waals surface area contributed by atoms with Gasteiger partial charge in [-0.25, -0.2) is 4.79 Å². The van der Waals surface area contributed by atoms with Crippen LogP contribution in [0, 0.1) is 11.3 Å². The fraction of sp³-hybridized carbons (Fsp3) is 0.231. The van der Waals surface area contributed by atoms with E-state index in [4.69, 9.17) is 9.26 Å². The molecule has 1 aliphatic rings. The predicted octanol–water partition coefficient (Wildman–Crippen LogP) is 3.48. The van der Waals surface area contributed by atoms with Crippen LogP contribution < -0.4 is 20.4 Å². The number of nitriles is 1. The third-order valence-corrected chi connectivity index (χ3v) is 8.19. The number of carbonyl (C=O) groups is 1. The molecule has 5 rings (SSSR count). The summed E-state index contributed by atoms with van der Waals surface area (Å²) in [5.41, 5.74) is 2.88. The van der Waals surface area contributed by atoms with Gasteiger partial charge in [0.15, 0.2) is 0 Å². The minimum atomic E-state index is -0.573. The van der Waals surface area contributed by atoms with Crippen LogP contribution in [0.25, 0.3) is 5.69 Å². The van der Waals surface area contributed by atoms with Crippen LogP contribution in [0.15, 0.2) is 68.9 Å². The Morgan fingerprint density at radius 1 is 1.27 bits per heavy atom. The van der Waals surface area contributed by atoms with Gasteiger partial charge in [0.1, 0.15) is 16.8 Å². The van der Waals surface area contributed by atoms with Gasteiger partial charge in [-0.05, 0) is 51.4 Å². The van der Waals surface area contributed by atoms with E-state index in [9.17, 15) is 14.9 Å². The summed E-state index contributed by atoms with van der Waals surface area (Å²) in [5.74, 6) is 0.355. The lowest BCUT2D eigenvalue weighted by molar-refractivity contribution is -0.704. The first-order valence-corrected chi connectivity index (χ1v) is 13.4. The molecule has 0 unspecified atom stereocenters. The molecule has 37 heavy (non-hydrogen) atoms. The van der Waals surface area contributed by atoms with Crippen molar-refractivity contribution >= 4 is 34.0 Å². The molecule has 4 aromatic rings. The van der Waals surface area contributed by atoms with Gasteiger partial charge >= 0.3 is 10.7 Å². The standard InChI is InChI=1S/C26H23N5O4S2/c1-34-19-9-7-18(8-10-19)31-25(26(33)35-29-31)36-16-23(32)28-24-21(13-27)20-11-12-30(15-22(20)37-24)14-17-5-3-2-4-6-17/h2-10H,11-12,14-16H2,1H3,(H-,28,29,32,33)/p+1. The number of methoxy groups -OCH3 is 1. The van der Waals surface area contributed by atoms with Gasteiger partial charge in [0, 0.05) is 36.6 Å². The van der Waals surface area contributed by atoms with Gasteiger partial charge < -0.3 is 10.1 Å². The molecule has 0 fully saturated rings. The van der Waals surface area contributed by atoms with Crippen molar-refractivity contribution in [1.29, 1.82) is 5.26 Å². The van der Waals surface area contributed by atoms with E-state index < -0.39 is 5.63 Å². The summed E-state index contributed by atoms with van der Waals surface area (Å²) in [4.78, 5) is 28.5. The normalized spacial score (nSPS) is 13.1. The lowest BCUT2D eigenvalue weighted by atomic mass is 10.0. The summed E-state index contributed by atoms with van der Waals surface area (Å²) < 4.78 is 11.6. The zero-order valence-corrected chi connectivity index (χ0v) is 21.7. The molecule has 2 aromatic carbocycles. The molecule has 0 bridgehead atoms. The van der Waals surface area contributed by atoms with Crippen LogP contribution in [0.1, 0.15) is 21.6 Å². The zero-order chi connectivity index (χ0) is 25.8. The van der Waals surface area contributed by atoms with Crippen molar-refractivity contribution in [3.05, 3.63) is 86.6 Å². The van der Waals surface area contributed by atoms with Gasteiger partial charge in [0.2, 0.25) is 11.6 Å². The summed E-state index contributed by atoms with van der Waals surface area (Å²) in [5, 5.41) is 16.1. The molecule has 0 saturated heterocycles. The van der Waals surface area contributed by atoms with Gasteiger partial charge in [-0.3, -0.25) is 14.2 Å². The van der Waals surface area contributed by atoms with Crippen molar-refractivity contribution < 1.29 is 18.7 Å². The number of anilines is 1.